The molecule has 0 saturated heterocycles. The van der Waals surface area contributed by atoms with Gasteiger partial charge < -0.3 is 14.9 Å². The van der Waals surface area contributed by atoms with E-state index >= 15 is 0 Å². The lowest BCUT2D eigenvalue weighted by Crippen LogP contribution is -2.15. The zero-order chi connectivity index (χ0) is 10.5. The van der Waals surface area contributed by atoms with Gasteiger partial charge in [-0.05, 0) is 19.1 Å². The summed E-state index contributed by atoms with van der Waals surface area (Å²) in [7, 11) is 0. The van der Waals surface area contributed by atoms with Crippen LogP contribution >= 0.6 is 0 Å². The SMILES string of the molecule is CCn1cccc1CNCc1cnc[nH]1. The highest BCUT2D eigenvalue weighted by atomic mass is 15.0. The molecule has 0 fully saturated rings. The number of nitrogens with zero attached hydrogens (tertiary/aromatic N) is 2. The lowest BCUT2D eigenvalue weighted by atomic mass is 10.4. The molecule has 0 aliphatic heterocycles. The van der Waals surface area contributed by atoms with Crippen LogP contribution in [0, 0.1) is 0 Å². The third-order valence-electron chi connectivity index (χ3n) is 2.44. The molecular formula is C11H16N4. The van der Waals surface area contributed by atoms with Gasteiger partial charge in [0.05, 0.1) is 6.33 Å². The maximum atomic E-state index is 3.97. The van der Waals surface area contributed by atoms with Crippen LogP contribution in [0.3, 0.4) is 0 Å². The van der Waals surface area contributed by atoms with E-state index in [1.54, 1.807) is 6.33 Å². The molecule has 2 aromatic rings. The molecular weight excluding hydrogens is 188 g/mol. The van der Waals surface area contributed by atoms with Gasteiger partial charge in [-0.2, -0.15) is 0 Å². The van der Waals surface area contributed by atoms with Crippen LogP contribution in [0.25, 0.3) is 0 Å². The summed E-state index contributed by atoms with van der Waals surface area (Å²) in [5, 5.41) is 3.37. The normalized spacial score (nSPS) is 10.7. The third-order valence-corrected chi connectivity index (χ3v) is 2.44. The molecule has 2 rings (SSSR count). The molecule has 0 atom stereocenters. The highest BCUT2D eigenvalue weighted by Gasteiger charge is 1.98. The first-order chi connectivity index (χ1) is 7.40. The Morgan fingerprint density at radius 2 is 2.40 bits per heavy atom. The molecule has 2 heterocycles. The zero-order valence-corrected chi connectivity index (χ0v) is 8.90. The van der Waals surface area contributed by atoms with Crippen molar-refractivity contribution >= 4 is 0 Å². The van der Waals surface area contributed by atoms with Gasteiger partial charge in [-0.1, -0.05) is 0 Å². The highest BCUT2D eigenvalue weighted by molar-refractivity contribution is 5.07. The van der Waals surface area contributed by atoms with Gasteiger partial charge in [-0.15, -0.1) is 0 Å². The fourth-order valence-corrected chi connectivity index (χ4v) is 1.63. The Morgan fingerprint density at radius 1 is 1.47 bits per heavy atom. The van der Waals surface area contributed by atoms with E-state index in [4.69, 9.17) is 0 Å². The van der Waals surface area contributed by atoms with Gasteiger partial charge in [-0.3, -0.25) is 0 Å². The van der Waals surface area contributed by atoms with E-state index in [-0.39, 0.29) is 0 Å². The van der Waals surface area contributed by atoms with Gasteiger partial charge in [-0.25, -0.2) is 4.98 Å². The Bertz CT molecular complexity index is 388. The molecule has 0 bridgehead atoms. The predicted octanol–water partition coefficient (Wildman–Crippen LogP) is 1.52. The molecule has 80 valence electrons. The number of hydrogen-bond acceptors (Lipinski definition) is 2. The van der Waals surface area contributed by atoms with Crippen molar-refractivity contribution in [3.8, 4) is 0 Å². The molecule has 0 aliphatic rings. The Hall–Kier alpha value is -1.55. The molecule has 2 N–H and O–H groups in total. The lowest BCUT2D eigenvalue weighted by molar-refractivity contribution is 0.624. The molecule has 15 heavy (non-hydrogen) atoms. The molecule has 0 aromatic carbocycles. The fourth-order valence-electron chi connectivity index (χ4n) is 1.63. The number of H-pyrrole nitrogens is 1. The second-order valence-corrected chi connectivity index (χ2v) is 3.47. The highest BCUT2D eigenvalue weighted by Crippen LogP contribution is 2.01. The summed E-state index contributed by atoms with van der Waals surface area (Å²) >= 11 is 0. The summed E-state index contributed by atoms with van der Waals surface area (Å²) < 4.78 is 2.24. The molecule has 4 nitrogen and oxygen atoms in total. The Morgan fingerprint density at radius 3 is 3.13 bits per heavy atom. The van der Waals surface area contributed by atoms with E-state index in [1.165, 1.54) is 5.69 Å². The summed E-state index contributed by atoms with van der Waals surface area (Å²) in [4.78, 5) is 7.04. The van der Waals surface area contributed by atoms with Crippen molar-refractivity contribution in [1.29, 1.82) is 0 Å². The average Bonchev–Trinajstić information content (AvgIpc) is 2.88. The van der Waals surface area contributed by atoms with Crippen molar-refractivity contribution in [3.63, 3.8) is 0 Å². The van der Waals surface area contributed by atoms with E-state index in [0.717, 1.165) is 25.3 Å². The molecule has 0 saturated carbocycles. The van der Waals surface area contributed by atoms with E-state index < -0.39 is 0 Å². The first-order valence-electron chi connectivity index (χ1n) is 5.22. The monoisotopic (exact) mass is 204 g/mol. The van der Waals surface area contributed by atoms with E-state index in [9.17, 15) is 0 Å². The first-order valence-corrected chi connectivity index (χ1v) is 5.22. The van der Waals surface area contributed by atoms with Crippen molar-refractivity contribution in [2.45, 2.75) is 26.6 Å². The van der Waals surface area contributed by atoms with Gasteiger partial charge in [0.15, 0.2) is 0 Å². The smallest absolute Gasteiger partial charge is 0.0922 e. The van der Waals surface area contributed by atoms with E-state index in [0.29, 0.717) is 0 Å². The van der Waals surface area contributed by atoms with Gasteiger partial charge in [0.25, 0.3) is 0 Å². The van der Waals surface area contributed by atoms with Crippen LogP contribution in [0.2, 0.25) is 0 Å². The maximum Gasteiger partial charge on any atom is 0.0922 e. The van der Waals surface area contributed by atoms with E-state index in [2.05, 4.69) is 45.1 Å². The van der Waals surface area contributed by atoms with Gasteiger partial charge in [0.1, 0.15) is 0 Å². The molecule has 0 radical (unpaired) electrons. The number of rotatable bonds is 5. The minimum absolute atomic E-state index is 0.828. The number of hydrogen-bond donors (Lipinski definition) is 2. The average molecular weight is 204 g/mol. The van der Waals surface area contributed by atoms with Gasteiger partial charge >= 0.3 is 0 Å². The van der Waals surface area contributed by atoms with Crippen molar-refractivity contribution in [3.05, 3.63) is 42.2 Å². The number of aryl methyl sites for hydroxylation is 1. The molecule has 0 unspecified atom stereocenters. The number of aromatic nitrogens is 3. The predicted molar refractivity (Wildman–Crippen MR) is 59.2 cm³/mol. The van der Waals surface area contributed by atoms with Crippen molar-refractivity contribution in [1.82, 2.24) is 19.9 Å². The molecule has 4 heteroatoms. The summed E-state index contributed by atoms with van der Waals surface area (Å²) in [6.45, 7) is 4.89. The standard InChI is InChI=1S/C11H16N4/c1-2-15-5-3-4-11(15)8-12-6-10-7-13-9-14-10/h3-5,7,9,12H,2,6,8H2,1H3,(H,13,14). The number of aromatic amines is 1. The quantitative estimate of drug-likeness (QED) is 0.775. The van der Waals surface area contributed by atoms with Crippen molar-refractivity contribution in [2.75, 3.05) is 0 Å². The van der Waals surface area contributed by atoms with Crippen molar-refractivity contribution < 1.29 is 0 Å². The summed E-state index contributed by atoms with van der Waals surface area (Å²) in [5.74, 6) is 0. The van der Waals surface area contributed by atoms with E-state index in [1.807, 2.05) is 6.20 Å². The third kappa shape index (κ3) is 2.47. The Labute approximate surface area is 89.3 Å². The Kier molecular flexibility index (Phi) is 3.19. The van der Waals surface area contributed by atoms with Crippen LogP contribution in [-0.4, -0.2) is 14.5 Å². The molecule has 0 amide bonds. The zero-order valence-electron chi connectivity index (χ0n) is 8.90. The Balaban J connectivity index is 1.83. The van der Waals surface area contributed by atoms with Crippen LogP contribution < -0.4 is 5.32 Å². The van der Waals surface area contributed by atoms with Crippen LogP contribution in [0.4, 0.5) is 0 Å². The number of imidazole rings is 1. The maximum absolute atomic E-state index is 3.97. The summed E-state index contributed by atoms with van der Waals surface area (Å²) in [6.07, 6.45) is 5.64. The van der Waals surface area contributed by atoms with Crippen LogP contribution in [0.15, 0.2) is 30.9 Å². The summed E-state index contributed by atoms with van der Waals surface area (Å²) in [6, 6.07) is 4.22. The number of nitrogens with one attached hydrogen (secondary N) is 2. The lowest BCUT2D eigenvalue weighted by Gasteiger charge is -2.06. The molecule has 0 aliphatic carbocycles. The van der Waals surface area contributed by atoms with Gasteiger partial charge in [0.2, 0.25) is 0 Å². The second kappa shape index (κ2) is 4.79. The first kappa shape index (κ1) is 9.98. The topological polar surface area (TPSA) is 45.6 Å². The molecule has 0 spiro atoms. The van der Waals surface area contributed by atoms with Gasteiger partial charge in [0, 0.05) is 43.4 Å². The van der Waals surface area contributed by atoms with Crippen LogP contribution in [0.1, 0.15) is 18.3 Å². The minimum Gasteiger partial charge on any atom is -0.351 e. The summed E-state index contributed by atoms with van der Waals surface area (Å²) in [5.41, 5.74) is 2.43. The van der Waals surface area contributed by atoms with Crippen LogP contribution in [0.5, 0.6) is 0 Å². The molecule has 2 aromatic heterocycles. The largest absolute Gasteiger partial charge is 0.351 e. The minimum atomic E-state index is 0.828. The van der Waals surface area contributed by atoms with Crippen LogP contribution in [-0.2, 0) is 19.6 Å². The fraction of sp³-hybridized carbons (Fsp3) is 0.364. The second-order valence-electron chi connectivity index (χ2n) is 3.47. The van der Waals surface area contributed by atoms with Crippen molar-refractivity contribution in [2.24, 2.45) is 0 Å².